The van der Waals surface area contributed by atoms with Crippen molar-refractivity contribution in [1.29, 1.82) is 0 Å². The summed E-state index contributed by atoms with van der Waals surface area (Å²) in [7, 11) is 0. The minimum Gasteiger partial charge on any atom is -0.388 e. The number of aromatic amines is 1. The zero-order chi connectivity index (χ0) is 11.5. The highest BCUT2D eigenvalue weighted by Crippen LogP contribution is 2.11. The summed E-state index contributed by atoms with van der Waals surface area (Å²) in [6.07, 6.45) is 3.62. The van der Waals surface area contributed by atoms with Crippen LogP contribution in [0.2, 0.25) is 0 Å². The second kappa shape index (κ2) is 4.58. The van der Waals surface area contributed by atoms with Crippen LogP contribution in [0.5, 0.6) is 0 Å². The third kappa shape index (κ3) is 2.05. The topological polar surface area (TPSA) is 71.7 Å². The molecule has 0 aromatic carbocycles. The summed E-state index contributed by atoms with van der Waals surface area (Å²) in [6.45, 7) is 2.57. The molecule has 0 radical (unpaired) electrons. The number of aliphatic hydroxyl groups excluding tert-OH is 1. The molecule has 0 fully saturated rings. The van der Waals surface area contributed by atoms with E-state index in [0.29, 0.717) is 17.1 Å². The lowest BCUT2D eigenvalue weighted by molar-refractivity contribution is 0.257. The minimum atomic E-state index is -0.128. The Hall–Kier alpha value is -1.47. The molecule has 1 atom stereocenters. The van der Waals surface area contributed by atoms with Gasteiger partial charge < -0.3 is 5.11 Å². The van der Waals surface area contributed by atoms with Gasteiger partial charge in [-0.25, -0.2) is 0 Å². The largest absolute Gasteiger partial charge is 0.388 e. The van der Waals surface area contributed by atoms with Crippen molar-refractivity contribution < 1.29 is 5.11 Å². The zero-order valence-corrected chi connectivity index (χ0v) is 9.68. The Balaban J connectivity index is 2.23. The van der Waals surface area contributed by atoms with Crippen LogP contribution < -0.4 is 0 Å². The second-order valence-electron chi connectivity index (χ2n) is 3.55. The Morgan fingerprint density at radius 3 is 3.06 bits per heavy atom. The molecular formula is C9H13N5OS. The van der Waals surface area contributed by atoms with E-state index in [2.05, 4.69) is 15.3 Å². The van der Waals surface area contributed by atoms with Crippen LogP contribution in [0.15, 0.2) is 18.5 Å². The average molecular weight is 239 g/mol. The van der Waals surface area contributed by atoms with Gasteiger partial charge in [-0.1, -0.05) is 0 Å². The molecular weight excluding hydrogens is 226 g/mol. The van der Waals surface area contributed by atoms with Gasteiger partial charge in [0.1, 0.15) is 6.61 Å². The van der Waals surface area contributed by atoms with Gasteiger partial charge in [0, 0.05) is 12.4 Å². The normalized spacial score (nSPS) is 12.9. The molecule has 0 spiro atoms. The maximum Gasteiger partial charge on any atom is 0.195 e. The highest BCUT2D eigenvalue weighted by atomic mass is 32.1. The predicted octanol–water partition coefficient (Wildman–Crippen LogP) is 0.891. The van der Waals surface area contributed by atoms with Crippen LogP contribution in [0.4, 0.5) is 0 Å². The Bertz CT molecular complexity index is 500. The van der Waals surface area contributed by atoms with Crippen molar-refractivity contribution in [3.63, 3.8) is 0 Å². The van der Waals surface area contributed by atoms with Crippen molar-refractivity contribution >= 4 is 12.2 Å². The molecule has 0 aliphatic heterocycles. The SMILES string of the molecule is CC(Cn1cccn1)n1c(CO)n[nH]c1=S. The second-order valence-corrected chi connectivity index (χ2v) is 3.94. The van der Waals surface area contributed by atoms with E-state index in [1.807, 2.05) is 23.9 Å². The quantitative estimate of drug-likeness (QED) is 0.777. The third-order valence-corrected chi connectivity index (χ3v) is 2.66. The minimum absolute atomic E-state index is 0.0910. The first-order valence-corrected chi connectivity index (χ1v) is 5.37. The number of aromatic nitrogens is 5. The number of H-pyrrole nitrogens is 1. The van der Waals surface area contributed by atoms with Crippen LogP contribution in [0, 0.1) is 4.77 Å². The summed E-state index contributed by atoms with van der Waals surface area (Å²) in [6, 6.07) is 1.96. The lowest BCUT2D eigenvalue weighted by atomic mass is 10.3. The maximum atomic E-state index is 9.13. The molecule has 0 aliphatic carbocycles. The summed E-state index contributed by atoms with van der Waals surface area (Å²) in [5, 5.41) is 19.9. The van der Waals surface area contributed by atoms with E-state index < -0.39 is 0 Å². The molecule has 0 saturated carbocycles. The number of nitrogens with one attached hydrogen (secondary N) is 1. The Kier molecular flexibility index (Phi) is 3.16. The molecule has 0 aliphatic rings. The molecule has 1 unspecified atom stereocenters. The monoisotopic (exact) mass is 239 g/mol. The number of rotatable bonds is 4. The van der Waals surface area contributed by atoms with Crippen molar-refractivity contribution in [2.24, 2.45) is 0 Å². The van der Waals surface area contributed by atoms with Crippen LogP contribution in [0.25, 0.3) is 0 Å². The molecule has 2 N–H and O–H groups in total. The van der Waals surface area contributed by atoms with E-state index in [0.717, 1.165) is 0 Å². The fourth-order valence-corrected chi connectivity index (χ4v) is 2.00. The first-order chi connectivity index (χ1) is 7.72. The van der Waals surface area contributed by atoms with Crippen LogP contribution >= 0.6 is 12.2 Å². The van der Waals surface area contributed by atoms with E-state index in [-0.39, 0.29) is 12.6 Å². The smallest absolute Gasteiger partial charge is 0.195 e. The Morgan fingerprint density at radius 2 is 2.44 bits per heavy atom. The van der Waals surface area contributed by atoms with Gasteiger partial charge in [-0.15, -0.1) is 0 Å². The summed E-state index contributed by atoms with van der Waals surface area (Å²) in [4.78, 5) is 0. The third-order valence-electron chi connectivity index (χ3n) is 2.37. The lowest BCUT2D eigenvalue weighted by Gasteiger charge is -2.14. The highest BCUT2D eigenvalue weighted by Gasteiger charge is 2.12. The molecule has 0 saturated heterocycles. The number of nitrogens with zero attached hydrogens (tertiary/aromatic N) is 4. The molecule has 2 aromatic rings. The van der Waals surface area contributed by atoms with E-state index in [1.54, 1.807) is 10.8 Å². The van der Waals surface area contributed by atoms with Crippen LogP contribution in [0.3, 0.4) is 0 Å². The molecule has 2 rings (SSSR count). The number of hydrogen-bond donors (Lipinski definition) is 2. The standard InChI is InChI=1S/C9H13N5OS/c1-7(5-13-4-2-3-10-13)14-8(6-15)11-12-9(14)16/h2-4,7,15H,5-6H2,1H3,(H,12,16). The van der Waals surface area contributed by atoms with Gasteiger partial charge in [0.05, 0.1) is 12.6 Å². The molecule has 6 nitrogen and oxygen atoms in total. The molecule has 0 amide bonds. The van der Waals surface area contributed by atoms with Crippen LogP contribution in [0.1, 0.15) is 18.8 Å². The molecule has 16 heavy (non-hydrogen) atoms. The van der Waals surface area contributed by atoms with Gasteiger partial charge >= 0.3 is 0 Å². The van der Waals surface area contributed by atoms with Gasteiger partial charge in [0.2, 0.25) is 0 Å². The summed E-state index contributed by atoms with van der Waals surface area (Å²) >= 11 is 5.12. The molecule has 2 aromatic heterocycles. The first-order valence-electron chi connectivity index (χ1n) is 4.96. The molecule has 2 heterocycles. The summed E-state index contributed by atoms with van der Waals surface area (Å²) < 4.78 is 4.14. The zero-order valence-electron chi connectivity index (χ0n) is 8.87. The van der Waals surface area contributed by atoms with E-state index >= 15 is 0 Å². The van der Waals surface area contributed by atoms with Crippen molar-refractivity contribution in [3.05, 3.63) is 29.1 Å². The Labute approximate surface area is 97.5 Å². The first kappa shape index (κ1) is 11.0. The maximum absolute atomic E-state index is 9.13. The van der Waals surface area contributed by atoms with E-state index in [1.165, 1.54) is 0 Å². The van der Waals surface area contributed by atoms with Gasteiger partial charge in [-0.05, 0) is 25.2 Å². The molecule has 7 heteroatoms. The fourth-order valence-electron chi connectivity index (χ4n) is 1.66. The summed E-state index contributed by atoms with van der Waals surface area (Å²) in [5.41, 5.74) is 0. The average Bonchev–Trinajstić information content (AvgIpc) is 2.87. The van der Waals surface area contributed by atoms with Gasteiger partial charge in [0.15, 0.2) is 10.6 Å². The van der Waals surface area contributed by atoms with Crippen molar-refractivity contribution in [3.8, 4) is 0 Å². The van der Waals surface area contributed by atoms with E-state index in [9.17, 15) is 0 Å². The summed E-state index contributed by atoms with van der Waals surface area (Å²) in [5.74, 6) is 0.546. The number of aliphatic hydroxyl groups is 1. The predicted molar refractivity (Wildman–Crippen MR) is 60.3 cm³/mol. The number of hydrogen-bond acceptors (Lipinski definition) is 4. The van der Waals surface area contributed by atoms with Gasteiger partial charge in [-0.2, -0.15) is 10.2 Å². The fraction of sp³-hybridized carbons (Fsp3) is 0.444. The molecule has 0 bridgehead atoms. The van der Waals surface area contributed by atoms with Gasteiger partial charge in [-0.3, -0.25) is 14.3 Å². The lowest BCUT2D eigenvalue weighted by Crippen LogP contribution is -2.16. The van der Waals surface area contributed by atoms with Crippen LogP contribution in [-0.4, -0.2) is 29.7 Å². The van der Waals surface area contributed by atoms with Crippen molar-refractivity contribution in [1.82, 2.24) is 24.5 Å². The van der Waals surface area contributed by atoms with Gasteiger partial charge in [0.25, 0.3) is 0 Å². The van der Waals surface area contributed by atoms with Crippen LogP contribution in [-0.2, 0) is 13.2 Å². The molecule has 86 valence electrons. The Morgan fingerprint density at radius 1 is 1.62 bits per heavy atom. The highest BCUT2D eigenvalue weighted by molar-refractivity contribution is 7.71. The van der Waals surface area contributed by atoms with Crippen molar-refractivity contribution in [2.75, 3.05) is 0 Å². The van der Waals surface area contributed by atoms with Crippen molar-refractivity contribution in [2.45, 2.75) is 26.1 Å². The van der Waals surface area contributed by atoms with E-state index in [4.69, 9.17) is 17.3 Å².